The molecule has 0 aliphatic carbocycles. The van der Waals surface area contributed by atoms with Gasteiger partial charge in [0, 0.05) is 20.2 Å². The molecule has 0 aliphatic rings. The van der Waals surface area contributed by atoms with E-state index in [0.29, 0.717) is 6.61 Å². The molecular formula is C13H27N5O. The fourth-order valence-corrected chi connectivity index (χ4v) is 1.96. The van der Waals surface area contributed by atoms with E-state index >= 15 is 0 Å². The van der Waals surface area contributed by atoms with Crippen LogP contribution in [0.2, 0.25) is 0 Å². The molecule has 0 spiro atoms. The van der Waals surface area contributed by atoms with Crippen molar-refractivity contribution < 1.29 is 4.74 Å². The lowest BCUT2D eigenvalue weighted by Gasteiger charge is -2.13. The van der Waals surface area contributed by atoms with Crippen LogP contribution in [0.3, 0.4) is 0 Å². The maximum Gasteiger partial charge on any atom is 0.167 e. The standard InChI is InChI=1S/C13H27N5O/c1-11(2)7-5-6-9-18-13(15-16-17-18)12(3)14-8-10-19-4/h11-12,14H,5-10H2,1-4H3. The maximum atomic E-state index is 5.02. The Bertz CT molecular complexity index is 340. The molecule has 6 heteroatoms. The van der Waals surface area contributed by atoms with Crippen LogP contribution in [0.5, 0.6) is 0 Å². The normalized spacial score (nSPS) is 13.1. The number of methoxy groups -OCH3 is 1. The summed E-state index contributed by atoms with van der Waals surface area (Å²) in [6, 6.07) is 0.148. The summed E-state index contributed by atoms with van der Waals surface area (Å²) in [5, 5.41) is 15.3. The van der Waals surface area contributed by atoms with Gasteiger partial charge in [0.05, 0.1) is 12.6 Å². The lowest BCUT2D eigenvalue weighted by Crippen LogP contribution is -2.25. The number of rotatable bonds is 10. The van der Waals surface area contributed by atoms with Gasteiger partial charge in [0.15, 0.2) is 5.82 Å². The minimum Gasteiger partial charge on any atom is -0.383 e. The first-order chi connectivity index (χ1) is 9.15. The highest BCUT2D eigenvalue weighted by Crippen LogP contribution is 2.10. The third-order valence-electron chi connectivity index (χ3n) is 3.10. The number of unbranched alkanes of at least 4 members (excludes halogenated alkanes) is 1. The summed E-state index contributed by atoms with van der Waals surface area (Å²) in [6.07, 6.45) is 3.61. The molecule has 0 saturated heterocycles. The van der Waals surface area contributed by atoms with Gasteiger partial charge in [0.2, 0.25) is 0 Å². The summed E-state index contributed by atoms with van der Waals surface area (Å²) >= 11 is 0. The summed E-state index contributed by atoms with van der Waals surface area (Å²) in [7, 11) is 1.70. The number of ether oxygens (including phenoxy) is 1. The second-order valence-electron chi connectivity index (χ2n) is 5.32. The third kappa shape index (κ3) is 6.11. The molecule has 0 aliphatic heterocycles. The zero-order valence-electron chi connectivity index (χ0n) is 12.6. The monoisotopic (exact) mass is 269 g/mol. The van der Waals surface area contributed by atoms with E-state index in [1.54, 1.807) is 7.11 Å². The Labute approximate surface area is 115 Å². The molecular weight excluding hydrogens is 242 g/mol. The van der Waals surface area contributed by atoms with Gasteiger partial charge in [-0.1, -0.05) is 26.7 Å². The smallest absolute Gasteiger partial charge is 0.167 e. The van der Waals surface area contributed by atoms with Gasteiger partial charge < -0.3 is 10.1 Å². The van der Waals surface area contributed by atoms with E-state index in [9.17, 15) is 0 Å². The number of hydrogen-bond acceptors (Lipinski definition) is 5. The van der Waals surface area contributed by atoms with Crippen LogP contribution in [-0.4, -0.2) is 40.5 Å². The summed E-state index contributed by atoms with van der Waals surface area (Å²) in [4.78, 5) is 0. The van der Waals surface area contributed by atoms with Crippen LogP contribution in [-0.2, 0) is 11.3 Å². The molecule has 0 radical (unpaired) electrons. The van der Waals surface area contributed by atoms with Crippen molar-refractivity contribution in [1.29, 1.82) is 0 Å². The van der Waals surface area contributed by atoms with Gasteiger partial charge in [-0.05, 0) is 29.7 Å². The Morgan fingerprint density at radius 2 is 2.05 bits per heavy atom. The Kier molecular flexibility index (Phi) is 7.59. The van der Waals surface area contributed by atoms with E-state index in [2.05, 4.69) is 41.6 Å². The lowest BCUT2D eigenvalue weighted by molar-refractivity contribution is 0.195. The molecule has 1 unspecified atom stereocenters. The van der Waals surface area contributed by atoms with Gasteiger partial charge in [-0.3, -0.25) is 0 Å². The average Bonchev–Trinajstić information content (AvgIpc) is 2.83. The van der Waals surface area contributed by atoms with E-state index in [1.165, 1.54) is 12.8 Å². The van der Waals surface area contributed by atoms with Crippen LogP contribution >= 0.6 is 0 Å². The number of nitrogens with zero attached hydrogens (tertiary/aromatic N) is 4. The van der Waals surface area contributed by atoms with Gasteiger partial charge in [0.25, 0.3) is 0 Å². The Morgan fingerprint density at radius 3 is 2.74 bits per heavy atom. The molecule has 0 saturated carbocycles. The van der Waals surface area contributed by atoms with Gasteiger partial charge in [-0.2, -0.15) is 0 Å². The minimum absolute atomic E-state index is 0.148. The van der Waals surface area contributed by atoms with Crippen LogP contribution in [0.25, 0.3) is 0 Å². The second-order valence-corrected chi connectivity index (χ2v) is 5.32. The summed E-state index contributed by atoms with van der Waals surface area (Å²) in [5.41, 5.74) is 0. The minimum atomic E-state index is 0.148. The van der Waals surface area contributed by atoms with Gasteiger partial charge in [-0.15, -0.1) is 5.10 Å². The molecule has 19 heavy (non-hydrogen) atoms. The Balaban J connectivity index is 2.36. The molecule has 1 rings (SSSR count). The first-order valence-electron chi connectivity index (χ1n) is 7.13. The highest BCUT2D eigenvalue weighted by atomic mass is 16.5. The molecule has 6 nitrogen and oxygen atoms in total. The molecule has 1 N–H and O–H groups in total. The second kappa shape index (κ2) is 8.98. The van der Waals surface area contributed by atoms with Crippen molar-refractivity contribution in [2.24, 2.45) is 5.92 Å². The van der Waals surface area contributed by atoms with E-state index in [4.69, 9.17) is 4.74 Å². The predicted molar refractivity (Wildman–Crippen MR) is 74.8 cm³/mol. The van der Waals surface area contributed by atoms with Crippen molar-refractivity contribution in [3.05, 3.63) is 5.82 Å². The van der Waals surface area contributed by atoms with Crippen molar-refractivity contribution >= 4 is 0 Å². The molecule has 0 bridgehead atoms. The number of tetrazole rings is 1. The molecule has 1 heterocycles. The van der Waals surface area contributed by atoms with Crippen molar-refractivity contribution in [1.82, 2.24) is 25.5 Å². The topological polar surface area (TPSA) is 64.9 Å². The Morgan fingerprint density at radius 1 is 1.26 bits per heavy atom. The molecule has 1 aromatic rings. The lowest BCUT2D eigenvalue weighted by atomic mass is 10.1. The number of aryl methyl sites for hydroxylation is 1. The highest BCUT2D eigenvalue weighted by molar-refractivity contribution is 4.89. The van der Waals surface area contributed by atoms with Gasteiger partial charge in [-0.25, -0.2) is 4.68 Å². The molecule has 0 amide bonds. The Hall–Kier alpha value is -1.01. The van der Waals surface area contributed by atoms with Crippen LogP contribution in [0.15, 0.2) is 0 Å². The number of aromatic nitrogens is 4. The van der Waals surface area contributed by atoms with Crippen LogP contribution in [0.4, 0.5) is 0 Å². The van der Waals surface area contributed by atoms with E-state index in [0.717, 1.165) is 31.3 Å². The fraction of sp³-hybridized carbons (Fsp3) is 0.923. The molecule has 110 valence electrons. The summed E-state index contributed by atoms with van der Waals surface area (Å²) in [6.45, 7) is 8.98. The molecule has 1 aromatic heterocycles. The SMILES string of the molecule is COCCNC(C)c1nnnn1CCCCC(C)C. The van der Waals surface area contributed by atoms with E-state index < -0.39 is 0 Å². The average molecular weight is 269 g/mol. The molecule has 1 atom stereocenters. The highest BCUT2D eigenvalue weighted by Gasteiger charge is 2.13. The van der Waals surface area contributed by atoms with Crippen molar-refractivity contribution in [3.63, 3.8) is 0 Å². The van der Waals surface area contributed by atoms with Crippen molar-refractivity contribution in [3.8, 4) is 0 Å². The van der Waals surface area contributed by atoms with Crippen molar-refractivity contribution in [2.75, 3.05) is 20.3 Å². The van der Waals surface area contributed by atoms with Crippen LogP contribution < -0.4 is 5.32 Å². The van der Waals surface area contributed by atoms with Crippen LogP contribution in [0, 0.1) is 5.92 Å². The van der Waals surface area contributed by atoms with Crippen molar-refractivity contribution in [2.45, 2.75) is 52.6 Å². The van der Waals surface area contributed by atoms with Crippen LogP contribution in [0.1, 0.15) is 51.9 Å². The maximum absolute atomic E-state index is 5.02. The zero-order chi connectivity index (χ0) is 14.1. The number of nitrogens with one attached hydrogen (secondary N) is 1. The predicted octanol–water partition coefficient (Wildman–Crippen LogP) is 1.80. The largest absolute Gasteiger partial charge is 0.383 e. The van der Waals surface area contributed by atoms with E-state index in [1.807, 2.05) is 4.68 Å². The van der Waals surface area contributed by atoms with Gasteiger partial charge in [0.1, 0.15) is 0 Å². The first-order valence-corrected chi connectivity index (χ1v) is 7.13. The summed E-state index contributed by atoms with van der Waals surface area (Å²) in [5.74, 6) is 1.67. The molecule has 0 fully saturated rings. The van der Waals surface area contributed by atoms with E-state index in [-0.39, 0.29) is 6.04 Å². The van der Waals surface area contributed by atoms with Gasteiger partial charge >= 0.3 is 0 Å². The summed E-state index contributed by atoms with van der Waals surface area (Å²) < 4.78 is 6.93. The number of hydrogen-bond donors (Lipinski definition) is 1. The fourth-order valence-electron chi connectivity index (χ4n) is 1.96. The zero-order valence-corrected chi connectivity index (χ0v) is 12.6. The first kappa shape index (κ1) is 16.0. The third-order valence-corrected chi connectivity index (χ3v) is 3.10. The quantitative estimate of drug-likeness (QED) is 0.656. The molecule has 0 aromatic carbocycles.